The van der Waals surface area contributed by atoms with E-state index in [1.54, 1.807) is 55.5 Å². The monoisotopic (exact) mass is 486 g/mol. The van der Waals surface area contributed by atoms with Gasteiger partial charge in [0.05, 0.1) is 31.5 Å². The minimum absolute atomic E-state index is 0.242. The number of nitrogens with zero attached hydrogens (tertiary/aromatic N) is 3. The van der Waals surface area contributed by atoms with Gasteiger partial charge in [0.15, 0.2) is 0 Å². The maximum atomic E-state index is 13.4. The highest BCUT2D eigenvalue weighted by Gasteiger charge is 2.36. The van der Waals surface area contributed by atoms with E-state index < -0.39 is 6.04 Å². The van der Waals surface area contributed by atoms with E-state index in [2.05, 4.69) is 15.5 Å². The molecule has 1 N–H and O–H groups in total. The summed E-state index contributed by atoms with van der Waals surface area (Å²) in [6.07, 6.45) is 0. The van der Waals surface area contributed by atoms with Crippen LogP contribution in [0.1, 0.15) is 24.4 Å². The zero-order valence-corrected chi connectivity index (χ0v) is 19.9. The first-order valence-electron chi connectivity index (χ1n) is 11.2. The van der Waals surface area contributed by atoms with Crippen molar-refractivity contribution in [2.24, 2.45) is 0 Å². The van der Waals surface area contributed by atoms with Crippen LogP contribution in [0.3, 0.4) is 0 Å². The van der Waals surface area contributed by atoms with Crippen molar-refractivity contribution in [3.8, 4) is 22.9 Å². The maximum absolute atomic E-state index is 13.4. The number of nitrogens with one attached hydrogen (secondary N) is 1. The van der Waals surface area contributed by atoms with Gasteiger partial charge in [0.2, 0.25) is 5.82 Å². The molecule has 3 aromatic carbocycles. The van der Waals surface area contributed by atoms with Crippen LogP contribution in [0.2, 0.25) is 0 Å². The molecule has 1 aliphatic rings. The predicted molar refractivity (Wildman–Crippen MR) is 132 cm³/mol. The number of halogens is 1. The Morgan fingerprint density at radius 2 is 1.53 bits per heavy atom. The van der Waals surface area contributed by atoms with E-state index in [-0.39, 0.29) is 17.7 Å². The number of carbonyl (C=O) groups excluding carboxylic acids is 1. The number of amides is 2. The number of aromatic nitrogens is 2. The number of hydrogen-bond acceptors (Lipinski definition) is 6. The average Bonchev–Trinajstić information content (AvgIpc) is 3.39. The lowest BCUT2D eigenvalue weighted by Crippen LogP contribution is -2.46. The van der Waals surface area contributed by atoms with Crippen LogP contribution in [0.15, 0.2) is 83.0 Å². The molecule has 1 atom stereocenters. The van der Waals surface area contributed by atoms with Crippen molar-refractivity contribution in [2.45, 2.75) is 13.0 Å². The second kappa shape index (κ2) is 9.53. The fourth-order valence-electron chi connectivity index (χ4n) is 4.16. The summed E-state index contributed by atoms with van der Waals surface area (Å²) < 4.78 is 29.6. The van der Waals surface area contributed by atoms with Crippen LogP contribution in [-0.4, -0.2) is 30.4 Å². The number of benzene rings is 3. The SMILES string of the molecule is COc1ccc(C2NC(=O)N(c3ccc(OC)cc3)C(C)=C2c2nc(-c3ccc(F)cc3)no2)cc1. The number of hydrogen-bond donors (Lipinski definition) is 1. The van der Waals surface area contributed by atoms with Crippen molar-refractivity contribution in [3.05, 3.63) is 95.8 Å². The van der Waals surface area contributed by atoms with Crippen molar-refractivity contribution < 1.29 is 23.2 Å². The Labute approximate surface area is 207 Å². The first-order valence-corrected chi connectivity index (χ1v) is 11.2. The Morgan fingerprint density at radius 3 is 2.14 bits per heavy atom. The van der Waals surface area contributed by atoms with Gasteiger partial charge in [-0.05, 0) is 73.2 Å². The molecule has 2 amide bonds. The minimum Gasteiger partial charge on any atom is -0.497 e. The van der Waals surface area contributed by atoms with E-state index in [4.69, 9.17) is 14.0 Å². The first kappa shape index (κ1) is 23.1. The number of rotatable bonds is 6. The molecular weight excluding hydrogens is 463 g/mol. The summed E-state index contributed by atoms with van der Waals surface area (Å²) in [6.45, 7) is 1.83. The Bertz CT molecular complexity index is 1410. The van der Waals surface area contributed by atoms with Crippen molar-refractivity contribution in [1.82, 2.24) is 15.5 Å². The molecule has 0 radical (unpaired) electrons. The highest BCUT2D eigenvalue weighted by molar-refractivity contribution is 6.01. The first-order chi connectivity index (χ1) is 17.5. The van der Waals surface area contributed by atoms with Crippen LogP contribution < -0.4 is 19.7 Å². The Kier molecular flexibility index (Phi) is 6.12. The topological polar surface area (TPSA) is 89.7 Å². The second-order valence-corrected chi connectivity index (χ2v) is 8.12. The van der Waals surface area contributed by atoms with Gasteiger partial charge in [-0.15, -0.1) is 0 Å². The Balaban J connectivity index is 1.62. The maximum Gasteiger partial charge on any atom is 0.326 e. The molecule has 4 aromatic rings. The highest BCUT2D eigenvalue weighted by Crippen LogP contribution is 2.39. The number of carbonyl (C=O) groups is 1. The van der Waals surface area contributed by atoms with Gasteiger partial charge in [-0.2, -0.15) is 4.98 Å². The van der Waals surface area contributed by atoms with E-state index in [0.717, 1.165) is 5.56 Å². The summed E-state index contributed by atoms with van der Waals surface area (Å²) in [6, 6.07) is 19.5. The number of allylic oxidation sites excluding steroid dienone is 1. The van der Waals surface area contributed by atoms with Crippen LogP contribution >= 0.6 is 0 Å². The summed E-state index contributed by atoms with van der Waals surface area (Å²) in [5, 5.41) is 7.17. The van der Waals surface area contributed by atoms with Gasteiger partial charge in [0, 0.05) is 11.3 Å². The zero-order chi connectivity index (χ0) is 25.2. The largest absolute Gasteiger partial charge is 0.497 e. The Morgan fingerprint density at radius 1 is 0.917 bits per heavy atom. The normalized spacial score (nSPS) is 15.6. The quantitative estimate of drug-likeness (QED) is 0.382. The molecule has 2 heterocycles. The van der Waals surface area contributed by atoms with Gasteiger partial charge in [0.1, 0.15) is 17.3 Å². The molecule has 9 heteroatoms. The minimum atomic E-state index is -0.556. The predicted octanol–water partition coefficient (Wildman–Crippen LogP) is 5.60. The molecule has 36 heavy (non-hydrogen) atoms. The molecule has 0 bridgehead atoms. The summed E-state index contributed by atoms with van der Waals surface area (Å²) in [4.78, 5) is 19.5. The molecule has 1 aromatic heterocycles. The van der Waals surface area contributed by atoms with E-state index in [9.17, 15) is 9.18 Å². The van der Waals surface area contributed by atoms with Gasteiger partial charge in [-0.25, -0.2) is 9.18 Å². The van der Waals surface area contributed by atoms with Gasteiger partial charge < -0.3 is 19.3 Å². The molecule has 182 valence electrons. The second-order valence-electron chi connectivity index (χ2n) is 8.12. The Hall–Kier alpha value is -4.66. The standard InChI is InChI=1S/C27H23FN4O4/c1-16-23(26-30-25(31-36-26)18-4-8-19(28)9-5-18)24(17-6-12-21(34-2)13-7-17)29-27(33)32(16)20-10-14-22(35-3)15-11-20/h4-15,24H,1-3H3,(H,29,33). The molecule has 1 unspecified atom stereocenters. The number of methoxy groups -OCH3 is 2. The van der Waals surface area contributed by atoms with Crippen molar-refractivity contribution in [1.29, 1.82) is 0 Å². The molecule has 1 aliphatic heterocycles. The highest BCUT2D eigenvalue weighted by atomic mass is 19.1. The molecule has 0 spiro atoms. The molecule has 8 nitrogen and oxygen atoms in total. The van der Waals surface area contributed by atoms with Crippen molar-refractivity contribution in [2.75, 3.05) is 19.1 Å². The van der Waals surface area contributed by atoms with Gasteiger partial charge in [-0.3, -0.25) is 4.90 Å². The zero-order valence-electron chi connectivity index (χ0n) is 19.9. The lowest BCUT2D eigenvalue weighted by atomic mass is 9.94. The average molecular weight is 487 g/mol. The summed E-state index contributed by atoms with van der Waals surface area (Å²) in [7, 11) is 3.18. The summed E-state index contributed by atoms with van der Waals surface area (Å²) in [5.41, 5.74) is 3.33. The van der Waals surface area contributed by atoms with E-state index in [0.29, 0.717) is 39.8 Å². The van der Waals surface area contributed by atoms with E-state index >= 15 is 0 Å². The molecule has 0 saturated heterocycles. The molecule has 5 rings (SSSR count). The lowest BCUT2D eigenvalue weighted by Gasteiger charge is -2.35. The van der Waals surface area contributed by atoms with Crippen LogP contribution in [0.5, 0.6) is 11.5 Å². The number of ether oxygens (including phenoxy) is 2. The van der Waals surface area contributed by atoms with E-state index in [1.165, 1.54) is 12.1 Å². The summed E-state index contributed by atoms with van der Waals surface area (Å²) >= 11 is 0. The number of urea groups is 1. The van der Waals surface area contributed by atoms with Gasteiger partial charge in [0.25, 0.3) is 5.89 Å². The third kappa shape index (κ3) is 4.26. The van der Waals surface area contributed by atoms with Gasteiger partial charge in [-0.1, -0.05) is 17.3 Å². The molecule has 0 aliphatic carbocycles. The van der Waals surface area contributed by atoms with Crippen LogP contribution in [0.4, 0.5) is 14.9 Å². The van der Waals surface area contributed by atoms with Crippen LogP contribution in [0, 0.1) is 5.82 Å². The third-order valence-electron chi connectivity index (χ3n) is 6.02. The van der Waals surface area contributed by atoms with Crippen molar-refractivity contribution in [3.63, 3.8) is 0 Å². The molecular formula is C27H23FN4O4. The fraction of sp³-hybridized carbons (Fsp3) is 0.148. The van der Waals surface area contributed by atoms with Crippen molar-refractivity contribution >= 4 is 17.3 Å². The molecule has 0 saturated carbocycles. The third-order valence-corrected chi connectivity index (χ3v) is 6.02. The van der Waals surface area contributed by atoms with Crippen LogP contribution in [-0.2, 0) is 0 Å². The fourth-order valence-corrected chi connectivity index (χ4v) is 4.16. The van der Waals surface area contributed by atoms with Gasteiger partial charge >= 0.3 is 6.03 Å². The molecule has 0 fully saturated rings. The summed E-state index contributed by atoms with van der Waals surface area (Å²) in [5.74, 6) is 1.57. The smallest absolute Gasteiger partial charge is 0.326 e. The lowest BCUT2D eigenvalue weighted by molar-refractivity contribution is 0.244. The van der Waals surface area contributed by atoms with E-state index in [1.807, 2.05) is 31.2 Å². The van der Waals surface area contributed by atoms with Crippen LogP contribution in [0.25, 0.3) is 17.0 Å². The number of anilines is 1.